The Bertz CT molecular complexity index is 783. The van der Waals surface area contributed by atoms with Gasteiger partial charge in [-0.15, -0.1) is 0 Å². The Labute approximate surface area is 147 Å². The molecule has 0 saturated carbocycles. The summed E-state index contributed by atoms with van der Waals surface area (Å²) in [5, 5.41) is 3.32. The fourth-order valence-corrected chi connectivity index (χ4v) is 2.80. The molecule has 6 nitrogen and oxygen atoms in total. The number of hydrogen-bond donors (Lipinski definition) is 1. The van der Waals surface area contributed by atoms with Crippen LogP contribution in [0.15, 0.2) is 36.5 Å². The first-order chi connectivity index (χ1) is 12.1. The molecule has 1 N–H and O–H groups in total. The maximum absolute atomic E-state index is 12.6. The summed E-state index contributed by atoms with van der Waals surface area (Å²) in [7, 11) is 0. The maximum Gasteiger partial charge on any atom is 0.272 e. The molecule has 0 bridgehead atoms. The molecular formula is C19H22N4O2. The first-order valence-corrected chi connectivity index (χ1v) is 8.36. The molecule has 2 aromatic rings. The summed E-state index contributed by atoms with van der Waals surface area (Å²) in [6, 6.07) is 9.77. The Hall–Kier alpha value is -2.89. The van der Waals surface area contributed by atoms with Crippen LogP contribution in [0.1, 0.15) is 21.6 Å². The Balaban J connectivity index is 1.71. The number of hydrogen-bond acceptors (Lipinski definition) is 4. The second-order valence-electron chi connectivity index (χ2n) is 6.29. The van der Waals surface area contributed by atoms with Crippen molar-refractivity contribution in [2.45, 2.75) is 13.8 Å². The lowest BCUT2D eigenvalue weighted by Crippen LogP contribution is -2.48. The first-order valence-electron chi connectivity index (χ1n) is 8.36. The molecule has 6 heteroatoms. The van der Waals surface area contributed by atoms with Gasteiger partial charge in [0.05, 0.1) is 0 Å². The molecule has 0 unspecified atom stereocenters. The SMILES string of the molecule is Cc1ccc(Nc2ccnc(C(=O)N3CCN(C=O)CC3)c2)cc1C. The molecule has 1 aliphatic rings. The highest BCUT2D eigenvalue weighted by Gasteiger charge is 2.22. The van der Waals surface area contributed by atoms with Crippen molar-refractivity contribution >= 4 is 23.7 Å². The van der Waals surface area contributed by atoms with Crippen molar-refractivity contribution in [2.75, 3.05) is 31.5 Å². The highest BCUT2D eigenvalue weighted by molar-refractivity contribution is 5.93. The molecule has 1 fully saturated rings. The predicted octanol–water partition coefficient (Wildman–Crippen LogP) is 2.36. The molecule has 0 aliphatic carbocycles. The number of amides is 2. The number of rotatable bonds is 4. The normalized spacial score (nSPS) is 14.3. The van der Waals surface area contributed by atoms with E-state index in [9.17, 15) is 9.59 Å². The molecule has 2 heterocycles. The number of pyridine rings is 1. The largest absolute Gasteiger partial charge is 0.355 e. The number of carbonyl (C=O) groups excluding carboxylic acids is 2. The van der Waals surface area contributed by atoms with E-state index in [1.165, 1.54) is 11.1 Å². The number of aryl methyl sites for hydroxylation is 2. The van der Waals surface area contributed by atoms with Crippen molar-refractivity contribution in [1.29, 1.82) is 0 Å². The van der Waals surface area contributed by atoms with Crippen molar-refractivity contribution in [3.8, 4) is 0 Å². The lowest BCUT2D eigenvalue weighted by Gasteiger charge is -2.32. The lowest BCUT2D eigenvalue weighted by atomic mass is 10.1. The van der Waals surface area contributed by atoms with Crippen molar-refractivity contribution < 1.29 is 9.59 Å². The number of carbonyl (C=O) groups is 2. The Morgan fingerprint density at radius 2 is 1.76 bits per heavy atom. The number of piperazine rings is 1. The van der Waals surface area contributed by atoms with Crippen molar-refractivity contribution in [3.05, 3.63) is 53.3 Å². The van der Waals surface area contributed by atoms with Gasteiger partial charge in [-0.2, -0.15) is 0 Å². The number of anilines is 2. The number of nitrogens with one attached hydrogen (secondary N) is 1. The Morgan fingerprint density at radius 1 is 1.04 bits per heavy atom. The predicted molar refractivity (Wildman–Crippen MR) is 97.0 cm³/mol. The van der Waals surface area contributed by atoms with Crippen LogP contribution in [0.25, 0.3) is 0 Å². The van der Waals surface area contributed by atoms with Gasteiger partial charge in [0, 0.05) is 43.8 Å². The Kier molecular flexibility index (Phi) is 4.97. The highest BCUT2D eigenvalue weighted by atomic mass is 16.2. The van der Waals surface area contributed by atoms with Crippen LogP contribution in [0.3, 0.4) is 0 Å². The average Bonchev–Trinajstić information content (AvgIpc) is 2.64. The number of nitrogens with zero attached hydrogens (tertiary/aromatic N) is 3. The molecule has 2 amide bonds. The second-order valence-corrected chi connectivity index (χ2v) is 6.29. The van der Waals surface area contributed by atoms with Gasteiger partial charge in [-0.25, -0.2) is 0 Å². The fourth-order valence-electron chi connectivity index (χ4n) is 2.80. The van der Waals surface area contributed by atoms with E-state index < -0.39 is 0 Å². The molecule has 0 atom stereocenters. The van der Waals surface area contributed by atoms with Gasteiger partial charge in [0.2, 0.25) is 6.41 Å². The Morgan fingerprint density at radius 3 is 2.44 bits per heavy atom. The zero-order chi connectivity index (χ0) is 17.8. The van der Waals surface area contributed by atoms with Gasteiger partial charge in [0.15, 0.2) is 0 Å². The molecule has 1 aromatic carbocycles. The van der Waals surface area contributed by atoms with E-state index in [2.05, 4.69) is 36.3 Å². The fraction of sp³-hybridized carbons (Fsp3) is 0.316. The first kappa shape index (κ1) is 17.0. The lowest BCUT2D eigenvalue weighted by molar-refractivity contribution is -0.119. The van der Waals surface area contributed by atoms with Gasteiger partial charge < -0.3 is 15.1 Å². The van der Waals surface area contributed by atoms with E-state index in [0.29, 0.717) is 31.9 Å². The summed E-state index contributed by atoms with van der Waals surface area (Å²) in [6.45, 7) is 6.35. The quantitative estimate of drug-likeness (QED) is 0.869. The van der Waals surface area contributed by atoms with E-state index in [-0.39, 0.29) is 5.91 Å². The maximum atomic E-state index is 12.6. The van der Waals surface area contributed by atoms with E-state index >= 15 is 0 Å². The third-order valence-electron chi connectivity index (χ3n) is 4.53. The third-order valence-corrected chi connectivity index (χ3v) is 4.53. The van der Waals surface area contributed by atoms with Crippen LogP contribution < -0.4 is 5.32 Å². The van der Waals surface area contributed by atoms with Crippen LogP contribution in [0.4, 0.5) is 11.4 Å². The smallest absolute Gasteiger partial charge is 0.272 e. The molecule has 1 aromatic heterocycles. The summed E-state index contributed by atoms with van der Waals surface area (Å²) < 4.78 is 0. The minimum atomic E-state index is -0.103. The molecule has 1 aliphatic heterocycles. The van der Waals surface area contributed by atoms with Crippen LogP contribution >= 0.6 is 0 Å². The third kappa shape index (κ3) is 3.96. The molecule has 0 spiro atoms. The summed E-state index contributed by atoms with van der Waals surface area (Å²) >= 11 is 0. The molecular weight excluding hydrogens is 316 g/mol. The molecule has 0 radical (unpaired) electrons. The summed E-state index contributed by atoms with van der Waals surface area (Å²) in [5.41, 5.74) is 4.67. The van der Waals surface area contributed by atoms with Crippen molar-refractivity contribution in [3.63, 3.8) is 0 Å². The van der Waals surface area contributed by atoms with Gasteiger partial charge in [0.25, 0.3) is 5.91 Å². The van der Waals surface area contributed by atoms with Crippen LogP contribution in [-0.2, 0) is 4.79 Å². The van der Waals surface area contributed by atoms with Crippen molar-refractivity contribution in [1.82, 2.24) is 14.8 Å². The monoisotopic (exact) mass is 338 g/mol. The second kappa shape index (κ2) is 7.34. The van der Waals surface area contributed by atoms with Crippen LogP contribution in [0.2, 0.25) is 0 Å². The zero-order valence-electron chi connectivity index (χ0n) is 14.5. The summed E-state index contributed by atoms with van der Waals surface area (Å²) in [4.78, 5) is 31.0. The van der Waals surface area contributed by atoms with E-state index in [1.807, 2.05) is 12.1 Å². The summed E-state index contributed by atoms with van der Waals surface area (Å²) in [6.07, 6.45) is 2.46. The van der Waals surface area contributed by atoms with E-state index in [1.54, 1.807) is 22.1 Å². The van der Waals surface area contributed by atoms with Gasteiger partial charge >= 0.3 is 0 Å². The van der Waals surface area contributed by atoms with E-state index in [4.69, 9.17) is 0 Å². The van der Waals surface area contributed by atoms with Gasteiger partial charge in [-0.3, -0.25) is 14.6 Å². The van der Waals surface area contributed by atoms with Gasteiger partial charge in [-0.05, 0) is 49.2 Å². The standard InChI is InChI=1S/C19H22N4O2/c1-14-3-4-16(11-15(14)2)21-17-5-6-20-18(12-17)19(25)23-9-7-22(13-24)8-10-23/h3-6,11-13H,7-10H2,1-2H3,(H,20,21). The summed E-state index contributed by atoms with van der Waals surface area (Å²) in [5.74, 6) is -0.103. The minimum Gasteiger partial charge on any atom is -0.355 e. The minimum absolute atomic E-state index is 0.103. The molecule has 25 heavy (non-hydrogen) atoms. The molecule has 3 rings (SSSR count). The molecule has 1 saturated heterocycles. The topological polar surface area (TPSA) is 65.5 Å². The van der Waals surface area contributed by atoms with Crippen LogP contribution in [-0.4, -0.2) is 53.3 Å². The number of aromatic nitrogens is 1. The zero-order valence-corrected chi connectivity index (χ0v) is 14.5. The van der Waals surface area contributed by atoms with Crippen molar-refractivity contribution in [2.24, 2.45) is 0 Å². The molecule has 130 valence electrons. The van der Waals surface area contributed by atoms with Crippen LogP contribution in [0.5, 0.6) is 0 Å². The van der Waals surface area contributed by atoms with Crippen LogP contribution in [0, 0.1) is 13.8 Å². The van der Waals surface area contributed by atoms with E-state index in [0.717, 1.165) is 17.8 Å². The highest BCUT2D eigenvalue weighted by Crippen LogP contribution is 2.20. The average molecular weight is 338 g/mol. The van der Waals surface area contributed by atoms with Gasteiger partial charge in [0.1, 0.15) is 5.69 Å². The number of benzene rings is 1. The van der Waals surface area contributed by atoms with Gasteiger partial charge in [-0.1, -0.05) is 6.07 Å².